The van der Waals surface area contributed by atoms with Crippen LogP contribution in [0.1, 0.15) is 31.9 Å². The first-order valence-corrected chi connectivity index (χ1v) is 10.5. The minimum absolute atomic E-state index is 0.0516. The van der Waals surface area contributed by atoms with Crippen LogP contribution in [0.15, 0.2) is 30.3 Å². The largest absolute Gasteiger partial charge is 0.333 e. The van der Waals surface area contributed by atoms with Crippen molar-refractivity contribution >= 4 is 27.5 Å². The number of carbonyl (C=O) groups is 1. The number of hydrogen-bond donors (Lipinski definition) is 0. The van der Waals surface area contributed by atoms with Gasteiger partial charge in [-0.1, -0.05) is 44.2 Å². The molecule has 122 valence electrons. The molecule has 0 N–H and O–H groups in total. The van der Waals surface area contributed by atoms with Crippen LogP contribution in [0.3, 0.4) is 0 Å². The fourth-order valence-electron chi connectivity index (χ4n) is 2.86. The summed E-state index contributed by atoms with van der Waals surface area (Å²) in [5.41, 5.74) is 1.07. The van der Waals surface area contributed by atoms with Gasteiger partial charge in [-0.2, -0.15) is 11.8 Å². The second kappa shape index (κ2) is 7.51. The Bertz CT molecular complexity index is 601. The average molecular weight is 341 g/mol. The SMILES string of the molecule is CCCS(=O)(=O)CC(=O)N1CCS[C@@H](C)[C@@H]1c1ccccc1. The van der Waals surface area contributed by atoms with Crippen molar-refractivity contribution in [3.8, 4) is 0 Å². The molecular formula is C16H23NO3S2. The smallest absolute Gasteiger partial charge is 0.238 e. The molecular weight excluding hydrogens is 318 g/mol. The zero-order valence-corrected chi connectivity index (χ0v) is 14.7. The van der Waals surface area contributed by atoms with Crippen molar-refractivity contribution in [2.24, 2.45) is 0 Å². The van der Waals surface area contributed by atoms with Gasteiger partial charge >= 0.3 is 0 Å². The summed E-state index contributed by atoms with van der Waals surface area (Å²) in [6.07, 6.45) is 0.546. The first kappa shape index (κ1) is 17.3. The lowest BCUT2D eigenvalue weighted by molar-refractivity contribution is -0.130. The summed E-state index contributed by atoms with van der Waals surface area (Å²) in [4.78, 5) is 14.3. The van der Waals surface area contributed by atoms with E-state index in [4.69, 9.17) is 0 Å². The molecule has 0 saturated carbocycles. The molecule has 22 heavy (non-hydrogen) atoms. The van der Waals surface area contributed by atoms with E-state index in [2.05, 4.69) is 6.92 Å². The highest BCUT2D eigenvalue weighted by Gasteiger charge is 2.34. The van der Waals surface area contributed by atoms with E-state index in [0.29, 0.717) is 13.0 Å². The van der Waals surface area contributed by atoms with E-state index in [1.807, 2.05) is 49.0 Å². The van der Waals surface area contributed by atoms with E-state index >= 15 is 0 Å². The van der Waals surface area contributed by atoms with E-state index in [0.717, 1.165) is 11.3 Å². The Kier molecular flexibility index (Phi) is 5.92. The first-order valence-electron chi connectivity index (χ1n) is 7.61. The van der Waals surface area contributed by atoms with Gasteiger partial charge in [-0.15, -0.1) is 0 Å². The summed E-state index contributed by atoms with van der Waals surface area (Å²) in [7, 11) is -3.30. The number of amides is 1. The Morgan fingerprint density at radius 2 is 2.00 bits per heavy atom. The summed E-state index contributed by atoms with van der Waals surface area (Å²) in [5.74, 6) is 0.285. The minimum atomic E-state index is -3.30. The van der Waals surface area contributed by atoms with Gasteiger partial charge in [0.1, 0.15) is 5.75 Å². The highest BCUT2D eigenvalue weighted by Crippen LogP contribution is 2.36. The van der Waals surface area contributed by atoms with E-state index in [9.17, 15) is 13.2 Å². The van der Waals surface area contributed by atoms with E-state index < -0.39 is 9.84 Å². The summed E-state index contributed by atoms with van der Waals surface area (Å²) >= 11 is 1.83. The number of rotatable bonds is 5. The molecule has 0 aromatic heterocycles. The van der Waals surface area contributed by atoms with Crippen LogP contribution >= 0.6 is 11.8 Å². The molecule has 1 aliphatic heterocycles. The fraction of sp³-hybridized carbons (Fsp3) is 0.562. The number of nitrogens with zero attached hydrogens (tertiary/aromatic N) is 1. The quantitative estimate of drug-likeness (QED) is 0.826. The normalized spacial score (nSPS) is 22.5. The predicted molar refractivity (Wildman–Crippen MR) is 91.8 cm³/mol. The summed E-state index contributed by atoms with van der Waals surface area (Å²) < 4.78 is 23.9. The average Bonchev–Trinajstić information content (AvgIpc) is 2.47. The molecule has 1 aromatic rings. The lowest BCUT2D eigenvalue weighted by Crippen LogP contribution is -2.46. The van der Waals surface area contributed by atoms with Crippen LogP contribution in [0.4, 0.5) is 0 Å². The molecule has 0 bridgehead atoms. The third-order valence-corrected chi connectivity index (χ3v) is 6.73. The van der Waals surface area contributed by atoms with Gasteiger partial charge in [-0.25, -0.2) is 8.42 Å². The van der Waals surface area contributed by atoms with Gasteiger partial charge in [0.25, 0.3) is 0 Å². The van der Waals surface area contributed by atoms with Crippen molar-refractivity contribution < 1.29 is 13.2 Å². The molecule has 2 rings (SSSR count). The molecule has 4 nitrogen and oxygen atoms in total. The molecule has 1 amide bonds. The molecule has 1 aromatic carbocycles. The lowest BCUT2D eigenvalue weighted by atomic mass is 10.0. The van der Waals surface area contributed by atoms with Crippen molar-refractivity contribution in [3.63, 3.8) is 0 Å². The molecule has 0 spiro atoms. The highest BCUT2D eigenvalue weighted by molar-refractivity contribution is 8.00. The van der Waals surface area contributed by atoms with Gasteiger partial charge in [0.2, 0.25) is 5.91 Å². The monoisotopic (exact) mass is 341 g/mol. The minimum Gasteiger partial charge on any atom is -0.333 e. The summed E-state index contributed by atoms with van der Waals surface area (Å²) in [6, 6.07) is 9.82. The van der Waals surface area contributed by atoms with Gasteiger partial charge in [-0.3, -0.25) is 4.79 Å². The van der Waals surface area contributed by atoms with Gasteiger partial charge in [0.05, 0.1) is 11.8 Å². The molecule has 1 heterocycles. The molecule has 6 heteroatoms. The second-order valence-electron chi connectivity index (χ2n) is 5.61. The molecule has 1 saturated heterocycles. The van der Waals surface area contributed by atoms with Crippen LogP contribution in [0.2, 0.25) is 0 Å². The Morgan fingerprint density at radius 3 is 2.64 bits per heavy atom. The highest BCUT2D eigenvalue weighted by atomic mass is 32.2. The van der Waals surface area contributed by atoms with Crippen LogP contribution in [0.25, 0.3) is 0 Å². The maximum absolute atomic E-state index is 12.6. The van der Waals surface area contributed by atoms with Gasteiger partial charge in [0.15, 0.2) is 9.84 Å². The Morgan fingerprint density at radius 1 is 1.32 bits per heavy atom. The van der Waals surface area contributed by atoms with E-state index in [1.165, 1.54) is 0 Å². The first-order chi connectivity index (χ1) is 10.4. The maximum Gasteiger partial charge on any atom is 0.238 e. The summed E-state index contributed by atoms with van der Waals surface area (Å²) in [5, 5.41) is 0.258. The Labute approximate surface area is 137 Å². The molecule has 0 unspecified atom stereocenters. The molecule has 2 atom stereocenters. The lowest BCUT2D eigenvalue weighted by Gasteiger charge is -2.40. The van der Waals surface area contributed by atoms with Crippen molar-refractivity contribution in [1.82, 2.24) is 4.90 Å². The third kappa shape index (κ3) is 4.26. The van der Waals surface area contributed by atoms with Gasteiger partial charge < -0.3 is 4.90 Å². The maximum atomic E-state index is 12.6. The number of thioether (sulfide) groups is 1. The third-order valence-electron chi connectivity index (χ3n) is 3.81. The van der Waals surface area contributed by atoms with Crippen molar-refractivity contribution in [2.45, 2.75) is 31.6 Å². The zero-order chi connectivity index (χ0) is 16.2. The standard InChI is InChI=1S/C16H23NO3S2/c1-3-11-22(19,20)12-15(18)17-9-10-21-13(2)16(17)14-7-5-4-6-8-14/h4-8,13,16H,3,9-12H2,1-2H3/t13-,16+/m0/s1. The summed E-state index contributed by atoms with van der Waals surface area (Å²) in [6.45, 7) is 4.52. The topological polar surface area (TPSA) is 54.5 Å². The zero-order valence-electron chi connectivity index (χ0n) is 13.1. The Hall–Kier alpha value is -1.01. The van der Waals surface area contributed by atoms with Crippen molar-refractivity contribution in [1.29, 1.82) is 0 Å². The number of hydrogen-bond acceptors (Lipinski definition) is 4. The molecule has 0 aliphatic carbocycles. The van der Waals surface area contributed by atoms with E-state index in [-0.39, 0.29) is 28.7 Å². The molecule has 0 radical (unpaired) electrons. The van der Waals surface area contributed by atoms with Crippen molar-refractivity contribution in [3.05, 3.63) is 35.9 Å². The molecule has 1 aliphatic rings. The van der Waals surface area contributed by atoms with E-state index in [1.54, 1.807) is 4.90 Å². The van der Waals surface area contributed by atoms with Gasteiger partial charge in [-0.05, 0) is 12.0 Å². The second-order valence-corrected chi connectivity index (χ2v) is 9.28. The number of carbonyl (C=O) groups excluding carboxylic acids is 1. The van der Waals surface area contributed by atoms with Crippen molar-refractivity contribution in [2.75, 3.05) is 23.8 Å². The van der Waals surface area contributed by atoms with Crippen LogP contribution < -0.4 is 0 Å². The van der Waals surface area contributed by atoms with Crippen LogP contribution in [-0.4, -0.2) is 48.3 Å². The number of benzene rings is 1. The number of sulfone groups is 1. The molecule has 1 fully saturated rings. The van der Waals surface area contributed by atoms with Crippen LogP contribution in [0.5, 0.6) is 0 Å². The fourth-order valence-corrected chi connectivity index (χ4v) is 5.32. The van der Waals surface area contributed by atoms with Crippen LogP contribution in [0, 0.1) is 0 Å². The van der Waals surface area contributed by atoms with Gasteiger partial charge in [0, 0.05) is 17.5 Å². The Balaban J connectivity index is 2.21. The predicted octanol–water partition coefficient (Wildman–Crippen LogP) is 2.52. The van der Waals surface area contributed by atoms with Crippen LogP contribution in [-0.2, 0) is 14.6 Å².